The van der Waals surface area contributed by atoms with Gasteiger partial charge in [-0.2, -0.15) is 0 Å². The molecule has 0 radical (unpaired) electrons. The Morgan fingerprint density at radius 1 is 1.22 bits per heavy atom. The van der Waals surface area contributed by atoms with Crippen molar-refractivity contribution in [2.24, 2.45) is 5.41 Å². The van der Waals surface area contributed by atoms with Crippen molar-refractivity contribution in [1.29, 1.82) is 0 Å². The minimum Gasteiger partial charge on any atom is -0.458 e. The molecule has 0 aliphatic heterocycles. The van der Waals surface area contributed by atoms with Gasteiger partial charge >= 0.3 is 0 Å². The van der Waals surface area contributed by atoms with Crippen molar-refractivity contribution in [2.75, 3.05) is 0 Å². The molecule has 1 unspecified atom stereocenters. The van der Waals surface area contributed by atoms with Gasteiger partial charge in [0.15, 0.2) is 0 Å². The van der Waals surface area contributed by atoms with Gasteiger partial charge in [0.2, 0.25) is 0 Å². The van der Waals surface area contributed by atoms with Gasteiger partial charge in [0, 0.05) is 10.8 Å². The van der Waals surface area contributed by atoms with E-state index in [0.29, 0.717) is 0 Å². The van der Waals surface area contributed by atoms with Crippen molar-refractivity contribution in [3.05, 3.63) is 35.6 Å². The van der Waals surface area contributed by atoms with Gasteiger partial charge in [-0.25, -0.2) is 0 Å². The van der Waals surface area contributed by atoms with Gasteiger partial charge in [-0.15, -0.1) is 0 Å². The molecule has 0 bridgehead atoms. The largest absolute Gasteiger partial charge is 0.458 e. The Bertz CT molecular complexity index is 594. The Morgan fingerprint density at radius 3 is 2.61 bits per heavy atom. The minimum atomic E-state index is -0.821. The second-order valence-electron chi connectivity index (χ2n) is 6.20. The predicted molar refractivity (Wildman–Crippen MR) is 72.5 cm³/mol. The summed E-state index contributed by atoms with van der Waals surface area (Å²) in [6.45, 7) is 6.29. The molecule has 0 saturated heterocycles. The van der Waals surface area contributed by atoms with Gasteiger partial charge in [-0.3, -0.25) is 0 Å². The fourth-order valence-corrected chi connectivity index (χ4v) is 3.20. The van der Waals surface area contributed by atoms with E-state index in [1.165, 1.54) is 0 Å². The van der Waals surface area contributed by atoms with Crippen LogP contribution >= 0.6 is 0 Å². The summed E-state index contributed by atoms with van der Waals surface area (Å²) in [5, 5.41) is 12.1. The van der Waals surface area contributed by atoms with Gasteiger partial charge in [0.1, 0.15) is 16.9 Å². The van der Waals surface area contributed by atoms with Crippen LogP contribution in [0.5, 0.6) is 0 Å². The number of aryl methyl sites for hydroxylation is 1. The molecular weight excluding hydrogens is 224 g/mol. The van der Waals surface area contributed by atoms with Crippen LogP contribution in [-0.4, -0.2) is 5.11 Å². The standard InChI is InChI=1S/C16H20O2/c1-11-6-4-7-12-10-13(18-14(11)12)16(17)9-5-8-15(16,2)3/h4,6-7,10,17H,5,8-9H2,1-3H3. The Morgan fingerprint density at radius 2 is 2.00 bits per heavy atom. The Labute approximate surface area is 108 Å². The number of benzene rings is 1. The molecule has 2 heteroatoms. The SMILES string of the molecule is Cc1cccc2cc(C3(O)CCCC3(C)C)oc12. The average molecular weight is 244 g/mol. The van der Waals surface area contributed by atoms with Crippen LogP contribution in [0, 0.1) is 12.3 Å². The lowest BCUT2D eigenvalue weighted by Gasteiger charge is -2.34. The van der Waals surface area contributed by atoms with Crippen molar-refractivity contribution in [3.63, 3.8) is 0 Å². The predicted octanol–water partition coefficient (Wildman–Crippen LogP) is 4.14. The van der Waals surface area contributed by atoms with E-state index in [1.54, 1.807) is 0 Å². The summed E-state index contributed by atoms with van der Waals surface area (Å²) in [5.41, 5.74) is 1.09. The van der Waals surface area contributed by atoms with Gasteiger partial charge in [0.05, 0.1) is 0 Å². The number of hydrogen-bond donors (Lipinski definition) is 1. The molecule has 1 heterocycles. The first-order chi connectivity index (χ1) is 8.44. The zero-order valence-electron chi connectivity index (χ0n) is 11.3. The molecule has 1 N–H and O–H groups in total. The van der Waals surface area contributed by atoms with Gasteiger partial charge in [-0.1, -0.05) is 32.0 Å². The van der Waals surface area contributed by atoms with Gasteiger partial charge < -0.3 is 9.52 Å². The highest BCUT2D eigenvalue weighted by molar-refractivity contribution is 5.81. The second kappa shape index (κ2) is 3.61. The molecule has 1 aliphatic rings. The molecule has 0 amide bonds. The maximum Gasteiger partial charge on any atom is 0.137 e. The van der Waals surface area contributed by atoms with Crippen molar-refractivity contribution in [2.45, 2.75) is 45.6 Å². The molecule has 3 rings (SSSR count). The number of rotatable bonds is 1. The fraction of sp³-hybridized carbons (Fsp3) is 0.500. The molecule has 1 atom stereocenters. The molecule has 1 aliphatic carbocycles. The Hall–Kier alpha value is -1.28. The first-order valence-corrected chi connectivity index (χ1v) is 6.66. The molecule has 0 spiro atoms. The molecular formula is C16H20O2. The molecule has 1 aromatic heterocycles. The maximum absolute atomic E-state index is 11.0. The van der Waals surface area contributed by atoms with Crippen LogP contribution in [0.25, 0.3) is 11.0 Å². The zero-order valence-corrected chi connectivity index (χ0v) is 11.3. The summed E-state index contributed by atoms with van der Waals surface area (Å²) in [6, 6.07) is 8.12. The first-order valence-electron chi connectivity index (χ1n) is 6.66. The lowest BCUT2D eigenvalue weighted by Crippen LogP contribution is -2.36. The molecule has 2 nitrogen and oxygen atoms in total. The fourth-order valence-electron chi connectivity index (χ4n) is 3.20. The third-order valence-electron chi connectivity index (χ3n) is 4.61. The van der Waals surface area contributed by atoms with Crippen LogP contribution in [0.3, 0.4) is 0 Å². The van der Waals surface area contributed by atoms with E-state index in [4.69, 9.17) is 4.42 Å². The Kier molecular flexibility index (Phi) is 2.36. The first kappa shape index (κ1) is 11.8. The normalized spacial score (nSPS) is 26.9. The van der Waals surface area contributed by atoms with E-state index in [1.807, 2.05) is 31.2 Å². The van der Waals surface area contributed by atoms with Crippen molar-refractivity contribution in [1.82, 2.24) is 0 Å². The minimum absolute atomic E-state index is 0.116. The molecule has 1 fully saturated rings. The zero-order chi connectivity index (χ0) is 13.0. The lowest BCUT2D eigenvalue weighted by molar-refractivity contribution is -0.0643. The Balaban J connectivity index is 2.18. The lowest BCUT2D eigenvalue weighted by atomic mass is 9.76. The quantitative estimate of drug-likeness (QED) is 0.818. The van der Waals surface area contributed by atoms with Crippen LogP contribution in [0.2, 0.25) is 0 Å². The molecule has 2 aromatic rings. The summed E-state index contributed by atoms with van der Waals surface area (Å²) in [7, 11) is 0. The smallest absolute Gasteiger partial charge is 0.137 e. The van der Waals surface area contributed by atoms with Crippen LogP contribution in [0.15, 0.2) is 28.7 Å². The highest BCUT2D eigenvalue weighted by Crippen LogP contribution is 2.53. The molecule has 96 valence electrons. The molecule has 1 saturated carbocycles. The van der Waals surface area contributed by atoms with Gasteiger partial charge in [0.25, 0.3) is 0 Å². The van der Waals surface area contributed by atoms with Crippen LogP contribution in [0.4, 0.5) is 0 Å². The van der Waals surface area contributed by atoms with Crippen LogP contribution in [0.1, 0.15) is 44.4 Å². The van der Waals surface area contributed by atoms with E-state index in [-0.39, 0.29) is 5.41 Å². The summed E-state index contributed by atoms with van der Waals surface area (Å²) in [4.78, 5) is 0. The summed E-state index contributed by atoms with van der Waals surface area (Å²) < 4.78 is 5.97. The van der Waals surface area contributed by atoms with Crippen molar-refractivity contribution >= 4 is 11.0 Å². The summed E-state index contributed by atoms with van der Waals surface area (Å²) >= 11 is 0. The van der Waals surface area contributed by atoms with E-state index in [2.05, 4.69) is 13.8 Å². The summed E-state index contributed by atoms with van der Waals surface area (Å²) in [6.07, 6.45) is 2.89. The van der Waals surface area contributed by atoms with E-state index in [0.717, 1.165) is 41.6 Å². The van der Waals surface area contributed by atoms with Crippen LogP contribution < -0.4 is 0 Å². The number of fused-ring (bicyclic) bond motifs is 1. The third-order valence-corrected chi connectivity index (χ3v) is 4.61. The number of hydrogen-bond acceptors (Lipinski definition) is 2. The molecule has 1 aromatic carbocycles. The van der Waals surface area contributed by atoms with E-state index < -0.39 is 5.60 Å². The van der Waals surface area contributed by atoms with Crippen molar-refractivity contribution < 1.29 is 9.52 Å². The number of furan rings is 1. The summed E-state index contributed by atoms with van der Waals surface area (Å²) in [5.74, 6) is 0.731. The monoisotopic (exact) mass is 244 g/mol. The average Bonchev–Trinajstić information content (AvgIpc) is 2.83. The third kappa shape index (κ3) is 1.45. The van der Waals surface area contributed by atoms with Crippen LogP contribution in [-0.2, 0) is 5.60 Å². The van der Waals surface area contributed by atoms with E-state index >= 15 is 0 Å². The number of para-hydroxylation sites is 1. The highest BCUT2D eigenvalue weighted by atomic mass is 16.4. The maximum atomic E-state index is 11.0. The number of aliphatic hydroxyl groups is 1. The van der Waals surface area contributed by atoms with Crippen molar-refractivity contribution in [3.8, 4) is 0 Å². The second-order valence-corrected chi connectivity index (χ2v) is 6.20. The molecule has 18 heavy (non-hydrogen) atoms. The van der Waals surface area contributed by atoms with E-state index in [9.17, 15) is 5.11 Å². The topological polar surface area (TPSA) is 33.4 Å². The van der Waals surface area contributed by atoms with Gasteiger partial charge in [-0.05, 0) is 37.8 Å². The highest BCUT2D eigenvalue weighted by Gasteiger charge is 2.50.